The smallest absolute Gasteiger partial charge is 0.317 e. The first kappa shape index (κ1) is 17.0. The van der Waals surface area contributed by atoms with E-state index in [4.69, 9.17) is 0 Å². The van der Waals surface area contributed by atoms with Crippen LogP contribution in [0, 0.1) is 0 Å². The predicted molar refractivity (Wildman–Crippen MR) is 98.9 cm³/mol. The maximum absolute atomic E-state index is 12.3. The Bertz CT molecular complexity index is 728. The lowest BCUT2D eigenvalue weighted by Gasteiger charge is -2.37. The van der Waals surface area contributed by atoms with E-state index >= 15 is 0 Å². The number of aromatic nitrogens is 2. The molecule has 2 aromatic heterocycles. The summed E-state index contributed by atoms with van der Waals surface area (Å²) in [7, 11) is 0. The highest BCUT2D eigenvalue weighted by Gasteiger charge is 2.25. The fourth-order valence-electron chi connectivity index (χ4n) is 2.84. The molecule has 0 radical (unpaired) electrons. The lowest BCUT2D eigenvalue weighted by atomic mass is 10.1. The first-order valence-electron chi connectivity index (χ1n) is 8.43. The van der Waals surface area contributed by atoms with Gasteiger partial charge in [-0.1, -0.05) is 6.92 Å². The van der Waals surface area contributed by atoms with Crippen molar-refractivity contribution in [3.8, 4) is 0 Å². The van der Waals surface area contributed by atoms with Crippen LogP contribution in [0.4, 0.5) is 10.6 Å². The summed E-state index contributed by atoms with van der Waals surface area (Å²) in [5.74, 6) is 0.992. The number of nitrogens with one attached hydrogen (secondary N) is 1. The molecule has 130 valence electrons. The van der Waals surface area contributed by atoms with Gasteiger partial charge in [0.05, 0.1) is 5.39 Å². The third-order valence-electron chi connectivity index (χ3n) is 4.06. The van der Waals surface area contributed by atoms with Gasteiger partial charge in [-0.3, -0.25) is 0 Å². The molecule has 7 heteroatoms. The van der Waals surface area contributed by atoms with E-state index in [-0.39, 0.29) is 11.6 Å². The van der Waals surface area contributed by atoms with Crippen LogP contribution in [0.5, 0.6) is 0 Å². The first-order chi connectivity index (χ1) is 11.4. The van der Waals surface area contributed by atoms with Gasteiger partial charge in [-0.25, -0.2) is 14.8 Å². The van der Waals surface area contributed by atoms with Crippen LogP contribution in [0.25, 0.3) is 10.2 Å². The van der Waals surface area contributed by atoms with E-state index in [1.807, 2.05) is 25.7 Å². The number of aryl methyl sites for hydroxylation is 1. The van der Waals surface area contributed by atoms with Crippen molar-refractivity contribution in [1.82, 2.24) is 20.2 Å². The van der Waals surface area contributed by atoms with Gasteiger partial charge in [0.15, 0.2) is 0 Å². The summed E-state index contributed by atoms with van der Waals surface area (Å²) in [6, 6.07) is 2.22. The van der Waals surface area contributed by atoms with E-state index in [2.05, 4.69) is 33.2 Å². The normalized spacial score (nSPS) is 15.8. The van der Waals surface area contributed by atoms with Gasteiger partial charge in [0.2, 0.25) is 0 Å². The third kappa shape index (κ3) is 3.61. The molecule has 1 N–H and O–H groups in total. The summed E-state index contributed by atoms with van der Waals surface area (Å²) in [4.78, 5) is 27.7. The second kappa shape index (κ2) is 6.55. The minimum Gasteiger partial charge on any atom is -0.352 e. The van der Waals surface area contributed by atoms with Gasteiger partial charge in [-0.05, 0) is 33.3 Å². The van der Waals surface area contributed by atoms with Crippen LogP contribution < -0.4 is 10.2 Å². The number of nitrogens with zero attached hydrogens (tertiary/aromatic N) is 4. The van der Waals surface area contributed by atoms with E-state index in [1.165, 1.54) is 4.88 Å². The molecule has 1 aliphatic rings. The monoisotopic (exact) mass is 347 g/mol. The second-order valence-electron chi connectivity index (χ2n) is 7.14. The zero-order chi connectivity index (χ0) is 17.3. The summed E-state index contributed by atoms with van der Waals surface area (Å²) < 4.78 is 0. The summed E-state index contributed by atoms with van der Waals surface area (Å²) in [5.41, 5.74) is -0.208. The van der Waals surface area contributed by atoms with Crippen LogP contribution in [-0.4, -0.2) is 52.6 Å². The minimum atomic E-state index is -0.208. The lowest BCUT2D eigenvalue weighted by Crippen LogP contribution is -2.55. The van der Waals surface area contributed by atoms with Crippen molar-refractivity contribution < 1.29 is 4.79 Å². The number of thiophene rings is 1. The Labute approximate surface area is 146 Å². The maximum Gasteiger partial charge on any atom is 0.317 e. The molecular formula is C17H25N5OS. The van der Waals surface area contributed by atoms with Crippen molar-refractivity contribution >= 4 is 33.4 Å². The standard InChI is InChI=1S/C17H25N5OS/c1-5-12-10-13-14(18-11-19-15(13)24-12)21-6-8-22(9-7-21)16(23)20-17(2,3)4/h10-11H,5-9H2,1-4H3,(H,20,23). The molecule has 6 nitrogen and oxygen atoms in total. The molecule has 3 rings (SSSR count). The predicted octanol–water partition coefficient (Wildman–Crippen LogP) is 2.88. The molecule has 1 fully saturated rings. The Morgan fingerprint density at radius 2 is 1.96 bits per heavy atom. The topological polar surface area (TPSA) is 61.4 Å². The van der Waals surface area contributed by atoms with Gasteiger partial charge in [0.25, 0.3) is 0 Å². The largest absolute Gasteiger partial charge is 0.352 e. The highest BCUT2D eigenvalue weighted by Crippen LogP contribution is 2.30. The van der Waals surface area contributed by atoms with E-state index in [0.29, 0.717) is 13.1 Å². The van der Waals surface area contributed by atoms with Crippen molar-refractivity contribution in [2.45, 2.75) is 39.7 Å². The molecule has 0 spiro atoms. The highest BCUT2D eigenvalue weighted by molar-refractivity contribution is 7.18. The van der Waals surface area contributed by atoms with E-state index in [9.17, 15) is 4.79 Å². The third-order valence-corrected chi connectivity index (χ3v) is 5.24. The minimum absolute atomic E-state index is 0.0128. The van der Waals surface area contributed by atoms with Crippen molar-refractivity contribution in [2.75, 3.05) is 31.1 Å². The van der Waals surface area contributed by atoms with Gasteiger partial charge in [0, 0.05) is 36.6 Å². The van der Waals surface area contributed by atoms with Crippen LogP contribution in [0.1, 0.15) is 32.6 Å². The van der Waals surface area contributed by atoms with Crippen LogP contribution in [-0.2, 0) is 6.42 Å². The molecule has 0 aliphatic carbocycles. The number of anilines is 1. The molecule has 2 amide bonds. The van der Waals surface area contributed by atoms with E-state index in [1.54, 1.807) is 17.7 Å². The molecule has 1 saturated heterocycles. The number of fused-ring (bicyclic) bond motifs is 1. The highest BCUT2D eigenvalue weighted by atomic mass is 32.1. The number of rotatable bonds is 2. The Morgan fingerprint density at radius 3 is 2.58 bits per heavy atom. The SMILES string of the molecule is CCc1cc2c(N3CCN(C(=O)NC(C)(C)C)CC3)ncnc2s1. The number of hydrogen-bond donors (Lipinski definition) is 1. The van der Waals surface area contributed by atoms with Gasteiger partial charge in [-0.15, -0.1) is 11.3 Å². The number of carbonyl (C=O) groups excluding carboxylic acids is 1. The van der Waals surface area contributed by atoms with E-state index in [0.717, 1.165) is 35.5 Å². The van der Waals surface area contributed by atoms with Crippen LogP contribution in [0.2, 0.25) is 0 Å². The van der Waals surface area contributed by atoms with Gasteiger partial charge in [-0.2, -0.15) is 0 Å². The molecule has 0 saturated carbocycles. The molecule has 2 aromatic rings. The maximum atomic E-state index is 12.3. The zero-order valence-electron chi connectivity index (χ0n) is 14.8. The van der Waals surface area contributed by atoms with Gasteiger partial charge >= 0.3 is 6.03 Å². The fourth-order valence-corrected chi connectivity index (χ4v) is 3.77. The van der Waals surface area contributed by atoms with Crippen molar-refractivity contribution in [3.05, 3.63) is 17.3 Å². The molecule has 1 aliphatic heterocycles. The summed E-state index contributed by atoms with van der Waals surface area (Å²) in [6.45, 7) is 11.2. The van der Waals surface area contributed by atoms with Crippen LogP contribution >= 0.6 is 11.3 Å². The molecule has 0 unspecified atom stereocenters. The number of hydrogen-bond acceptors (Lipinski definition) is 5. The lowest BCUT2D eigenvalue weighted by molar-refractivity contribution is 0.185. The van der Waals surface area contributed by atoms with Crippen LogP contribution in [0.3, 0.4) is 0 Å². The number of amides is 2. The zero-order valence-corrected chi connectivity index (χ0v) is 15.6. The van der Waals surface area contributed by atoms with E-state index < -0.39 is 0 Å². The quantitative estimate of drug-likeness (QED) is 0.907. The van der Waals surface area contributed by atoms with Gasteiger partial charge in [0.1, 0.15) is 17.0 Å². The molecular weight excluding hydrogens is 322 g/mol. The molecule has 0 bridgehead atoms. The number of piperazine rings is 1. The first-order valence-corrected chi connectivity index (χ1v) is 9.24. The second-order valence-corrected chi connectivity index (χ2v) is 8.25. The molecule has 0 atom stereocenters. The van der Waals surface area contributed by atoms with Gasteiger partial charge < -0.3 is 15.1 Å². The Morgan fingerprint density at radius 1 is 1.25 bits per heavy atom. The van der Waals surface area contributed by atoms with Crippen molar-refractivity contribution in [2.24, 2.45) is 0 Å². The average Bonchev–Trinajstić information content (AvgIpc) is 2.96. The fraction of sp³-hybridized carbons (Fsp3) is 0.588. The molecule has 3 heterocycles. The number of urea groups is 1. The Kier molecular flexibility index (Phi) is 4.62. The summed E-state index contributed by atoms with van der Waals surface area (Å²) in [6.07, 6.45) is 2.66. The average molecular weight is 347 g/mol. The number of carbonyl (C=O) groups is 1. The molecule has 24 heavy (non-hydrogen) atoms. The molecule has 0 aromatic carbocycles. The Balaban J connectivity index is 1.71. The van der Waals surface area contributed by atoms with Crippen molar-refractivity contribution in [1.29, 1.82) is 0 Å². The van der Waals surface area contributed by atoms with Crippen molar-refractivity contribution in [3.63, 3.8) is 0 Å². The summed E-state index contributed by atoms with van der Waals surface area (Å²) in [5, 5.41) is 4.16. The Hall–Kier alpha value is -1.89. The van der Waals surface area contributed by atoms with Crippen LogP contribution in [0.15, 0.2) is 12.4 Å². The summed E-state index contributed by atoms with van der Waals surface area (Å²) >= 11 is 1.73.